The summed E-state index contributed by atoms with van der Waals surface area (Å²) in [5, 5.41) is 16.9. The van der Waals surface area contributed by atoms with Crippen LogP contribution in [0.15, 0.2) is 36.4 Å². The molecule has 0 radical (unpaired) electrons. The topological polar surface area (TPSA) is 58.5 Å². The first kappa shape index (κ1) is 12.3. The van der Waals surface area contributed by atoms with Crippen LogP contribution in [0.1, 0.15) is 5.69 Å². The summed E-state index contributed by atoms with van der Waals surface area (Å²) < 4.78 is 5.18. The van der Waals surface area contributed by atoms with Gasteiger partial charge in [0.1, 0.15) is 5.75 Å². The van der Waals surface area contributed by atoms with E-state index in [1.807, 2.05) is 42.3 Å². The van der Waals surface area contributed by atoms with Crippen LogP contribution >= 0.6 is 0 Å². The molecule has 1 aromatic heterocycles. The van der Waals surface area contributed by atoms with Crippen molar-refractivity contribution in [2.24, 2.45) is 0 Å². The molecule has 5 heteroatoms. The maximum absolute atomic E-state index is 8.92. The van der Waals surface area contributed by atoms with Crippen LogP contribution < -0.4 is 9.64 Å². The van der Waals surface area contributed by atoms with Crippen molar-refractivity contribution in [3.63, 3.8) is 0 Å². The zero-order valence-electron chi connectivity index (χ0n) is 10.4. The third-order valence-corrected chi connectivity index (χ3v) is 2.65. The molecule has 0 bridgehead atoms. The van der Waals surface area contributed by atoms with Crippen molar-refractivity contribution in [2.75, 3.05) is 19.1 Å². The molecule has 0 amide bonds. The Morgan fingerprint density at radius 2 is 2.06 bits per heavy atom. The van der Waals surface area contributed by atoms with Gasteiger partial charge in [0.05, 0.1) is 19.4 Å². The van der Waals surface area contributed by atoms with Gasteiger partial charge < -0.3 is 14.7 Å². The first-order valence-corrected chi connectivity index (χ1v) is 5.56. The number of methoxy groups -OCH3 is 1. The summed E-state index contributed by atoms with van der Waals surface area (Å²) in [6.45, 7) is -0.101. The van der Waals surface area contributed by atoms with Crippen molar-refractivity contribution in [1.29, 1.82) is 0 Å². The molecule has 1 N–H and O–H groups in total. The highest BCUT2D eigenvalue weighted by molar-refractivity contribution is 5.60. The summed E-state index contributed by atoms with van der Waals surface area (Å²) in [7, 11) is 3.53. The van der Waals surface area contributed by atoms with Crippen molar-refractivity contribution < 1.29 is 9.84 Å². The lowest BCUT2D eigenvalue weighted by molar-refractivity contribution is 0.275. The average Bonchev–Trinajstić information content (AvgIpc) is 2.46. The number of anilines is 2. The highest BCUT2D eigenvalue weighted by atomic mass is 16.5. The van der Waals surface area contributed by atoms with E-state index in [9.17, 15) is 0 Å². The highest BCUT2D eigenvalue weighted by Crippen LogP contribution is 2.24. The number of aromatic nitrogens is 2. The number of benzene rings is 1. The van der Waals surface area contributed by atoms with Gasteiger partial charge in [0.15, 0.2) is 5.82 Å². The molecule has 0 saturated carbocycles. The van der Waals surface area contributed by atoms with Gasteiger partial charge in [-0.2, -0.15) is 5.10 Å². The monoisotopic (exact) mass is 245 g/mol. The number of aliphatic hydroxyl groups is 1. The van der Waals surface area contributed by atoms with E-state index < -0.39 is 0 Å². The van der Waals surface area contributed by atoms with Crippen molar-refractivity contribution in [3.8, 4) is 5.75 Å². The Morgan fingerprint density at radius 1 is 1.22 bits per heavy atom. The normalized spacial score (nSPS) is 10.2. The number of hydrogen-bond acceptors (Lipinski definition) is 5. The fourth-order valence-corrected chi connectivity index (χ4v) is 1.57. The lowest BCUT2D eigenvalue weighted by atomic mass is 10.2. The Morgan fingerprint density at radius 3 is 2.67 bits per heavy atom. The molecule has 18 heavy (non-hydrogen) atoms. The molecule has 94 valence electrons. The van der Waals surface area contributed by atoms with Gasteiger partial charge in [-0.1, -0.05) is 6.07 Å². The number of ether oxygens (including phenoxy) is 1. The Labute approximate surface area is 106 Å². The lowest BCUT2D eigenvalue weighted by Gasteiger charge is -2.18. The maximum atomic E-state index is 8.92. The molecule has 5 nitrogen and oxygen atoms in total. The van der Waals surface area contributed by atoms with Gasteiger partial charge in [-0.15, -0.1) is 5.10 Å². The van der Waals surface area contributed by atoms with Crippen LogP contribution in [-0.2, 0) is 6.61 Å². The van der Waals surface area contributed by atoms with Crippen LogP contribution in [0.4, 0.5) is 11.5 Å². The van der Waals surface area contributed by atoms with Crippen LogP contribution in [0, 0.1) is 0 Å². The van der Waals surface area contributed by atoms with Gasteiger partial charge in [0.2, 0.25) is 0 Å². The zero-order chi connectivity index (χ0) is 13.0. The lowest BCUT2D eigenvalue weighted by Crippen LogP contribution is -2.12. The molecule has 2 rings (SSSR count). The summed E-state index contributed by atoms with van der Waals surface area (Å²) >= 11 is 0. The largest absolute Gasteiger partial charge is 0.497 e. The molecule has 1 heterocycles. The molecule has 0 unspecified atom stereocenters. The van der Waals surface area contributed by atoms with Gasteiger partial charge in [0.25, 0.3) is 0 Å². The van der Waals surface area contributed by atoms with E-state index in [1.54, 1.807) is 13.2 Å². The van der Waals surface area contributed by atoms with Gasteiger partial charge in [0, 0.05) is 18.8 Å². The number of nitrogens with zero attached hydrogens (tertiary/aromatic N) is 3. The standard InChI is InChI=1S/C13H15N3O2/c1-16(11-4-3-5-12(8-11)18-2)13-7-6-10(9-17)14-15-13/h3-8,17H,9H2,1-2H3. The van der Waals surface area contributed by atoms with E-state index in [0.717, 1.165) is 11.4 Å². The molecule has 0 spiro atoms. The molecule has 0 saturated heterocycles. The maximum Gasteiger partial charge on any atom is 0.155 e. The van der Waals surface area contributed by atoms with E-state index in [2.05, 4.69) is 10.2 Å². The fraction of sp³-hybridized carbons (Fsp3) is 0.231. The van der Waals surface area contributed by atoms with Gasteiger partial charge in [-0.25, -0.2) is 0 Å². The minimum Gasteiger partial charge on any atom is -0.497 e. The van der Waals surface area contributed by atoms with Crippen molar-refractivity contribution in [3.05, 3.63) is 42.1 Å². The van der Waals surface area contributed by atoms with Crippen LogP contribution in [0.5, 0.6) is 5.75 Å². The molecular weight excluding hydrogens is 230 g/mol. The fourth-order valence-electron chi connectivity index (χ4n) is 1.57. The summed E-state index contributed by atoms with van der Waals surface area (Å²) in [5.41, 5.74) is 1.51. The Hall–Kier alpha value is -2.14. The first-order chi connectivity index (χ1) is 8.74. The smallest absolute Gasteiger partial charge is 0.155 e. The number of rotatable bonds is 4. The minimum atomic E-state index is -0.101. The molecule has 0 aliphatic heterocycles. The number of aliphatic hydroxyl groups excluding tert-OH is 1. The summed E-state index contributed by atoms with van der Waals surface area (Å²) in [6, 6.07) is 11.3. The minimum absolute atomic E-state index is 0.101. The molecule has 0 fully saturated rings. The summed E-state index contributed by atoms with van der Waals surface area (Å²) in [5.74, 6) is 1.50. The predicted octanol–water partition coefficient (Wildman–Crippen LogP) is 1.75. The van der Waals surface area contributed by atoms with Crippen molar-refractivity contribution in [1.82, 2.24) is 10.2 Å². The Bertz CT molecular complexity index is 514. The van der Waals surface area contributed by atoms with Crippen molar-refractivity contribution in [2.45, 2.75) is 6.61 Å². The average molecular weight is 245 g/mol. The van der Waals surface area contributed by atoms with Crippen molar-refractivity contribution >= 4 is 11.5 Å². The van der Waals surface area contributed by atoms with Crippen LogP contribution in [-0.4, -0.2) is 29.5 Å². The number of hydrogen-bond donors (Lipinski definition) is 1. The van der Waals surface area contributed by atoms with E-state index in [-0.39, 0.29) is 6.61 Å². The van der Waals surface area contributed by atoms with Gasteiger partial charge >= 0.3 is 0 Å². The van der Waals surface area contributed by atoms with Crippen LogP contribution in [0.25, 0.3) is 0 Å². The SMILES string of the molecule is COc1cccc(N(C)c2ccc(CO)nn2)c1. The van der Waals surface area contributed by atoms with Gasteiger partial charge in [-0.05, 0) is 24.3 Å². The molecule has 1 aromatic carbocycles. The molecule has 0 aliphatic rings. The summed E-state index contributed by atoms with van der Waals surface area (Å²) in [4.78, 5) is 1.90. The quantitative estimate of drug-likeness (QED) is 0.889. The van der Waals surface area contributed by atoms with E-state index >= 15 is 0 Å². The van der Waals surface area contributed by atoms with E-state index in [0.29, 0.717) is 11.5 Å². The third-order valence-electron chi connectivity index (χ3n) is 2.65. The van der Waals surface area contributed by atoms with Crippen LogP contribution in [0.3, 0.4) is 0 Å². The second-order valence-electron chi connectivity index (χ2n) is 3.80. The molecular formula is C13H15N3O2. The molecule has 2 aromatic rings. The first-order valence-electron chi connectivity index (χ1n) is 5.56. The van der Waals surface area contributed by atoms with Gasteiger partial charge in [-0.3, -0.25) is 0 Å². The van der Waals surface area contributed by atoms with Crippen LogP contribution in [0.2, 0.25) is 0 Å². The molecule has 0 aliphatic carbocycles. The third kappa shape index (κ3) is 2.57. The van der Waals surface area contributed by atoms with E-state index in [4.69, 9.17) is 9.84 Å². The zero-order valence-corrected chi connectivity index (χ0v) is 10.4. The Balaban J connectivity index is 2.25. The van der Waals surface area contributed by atoms with E-state index in [1.165, 1.54) is 0 Å². The summed E-state index contributed by atoms with van der Waals surface area (Å²) in [6.07, 6.45) is 0. The second kappa shape index (κ2) is 5.46. The molecule has 0 atom stereocenters. The highest BCUT2D eigenvalue weighted by Gasteiger charge is 2.07. The Kier molecular flexibility index (Phi) is 3.74. The predicted molar refractivity (Wildman–Crippen MR) is 69.0 cm³/mol. The second-order valence-corrected chi connectivity index (χ2v) is 3.80.